The minimum absolute atomic E-state index is 0.000556. The summed E-state index contributed by atoms with van der Waals surface area (Å²) in [6, 6.07) is -0.0708. The fourth-order valence-corrected chi connectivity index (χ4v) is 1.68. The van der Waals surface area contributed by atoms with E-state index >= 15 is 0 Å². The molecule has 1 fully saturated rings. The molecule has 3 nitrogen and oxygen atoms in total. The number of rotatable bonds is 4. The van der Waals surface area contributed by atoms with E-state index in [0.717, 1.165) is 0 Å². The summed E-state index contributed by atoms with van der Waals surface area (Å²) in [7, 11) is 0. The molecule has 0 spiro atoms. The number of hydrogen-bond acceptors (Lipinski definition) is 2. The van der Waals surface area contributed by atoms with Crippen LogP contribution < -0.4 is 11.1 Å². The van der Waals surface area contributed by atoms with Crippen molar-refractivity contribution in [3.05, 3.63) is 0 Å². The fraction of sp³-hybridized carbons (Fsp3) is 0.909. The Bertz CT molecular complexity index is 199. The first-order valence-corrected chi connectivity index (χ1v) is 5.58. The molecule has 0 aliphatic heterocycles. The Morgan fingerprint density at radius 2 is 1.93 bits per heavy atom. The summed E-state index contributed by atoms with van der Waals surface area (Å²) in [5, 5.41) is 3.00. The Morgan fingerprint density at radius 3 is 2.29 bits per heavy atom. The van der Waals surface area contributed by atoms with E-state index in [1.165, 1.54) is 19.3 Å². The average Bonchev–Trinajstić information content (AvgIpc) is 1.98. The highest BCUT2D eigenvalue weighted by Crippen LogP contribution is 2.29. The van der Waals surface area contributed by atoms with Gasteiger partial charge in [-0.05, 0) is 31.6 Å². The van der Waals surface area contributed by atoms with Crippen LogP contribution in [0.2, 0.25) is 0 Å². The van der Waals surface area contributed by atoms with Gasteiger partial charge in [0.05, 0.1) is 6.04 Å². The molecule has 0 saturated heterocycles. The van der Waals surface area contributed by atoms with E-state index in [1.54, 1.807) is 0 Å². The van der Waals surface area contributed by atoms with Crippen molar-refractivity contribution in [3.63, 3.8) is 0 Å². The molecule has 1 saturated carbocycles. The number of amides is 1. The molecule has 0 heterocycles. The number of nitrogens with one attached hydrogen (secondary N) is 1. The van der Waals surface area contributed by atoms with Crippen LogP contribution in [0, 0.1) is 11.8 Å². The molecule has 1 aliphatic rings. The van der Waals surface area contributed by atoms with E-state index in [9.17, 15) is 4.79 Å². The van der Waals surface area contributed by atoms with E-state index in [4.69, 9.17) is 5.73 Å². The van der Waals surface area contributed by atoms with Crippen LogP contribution in [0.1, 0.15) is 40.0 Å². The minimum Gasteiger partial charge on any atom is -0.352 e. The predicted octanol–water partition coefficient (Wildman–Crippen LogP) is 1.27. The molecule has 2 atom stereocenters. The molecule has 82 valence electrons. The molecule has 0 aromatic carbocycles. The molecule has 1 aliphatic carbocycles. The molecule has 1 amide bonds. The van der Waals surface area contributed by atoms with Crippen molar-refractivity contribution in [1.82, 2.24) is 5.32 Å². The van der Waals surface area contributed by atoms with Crippen molar-refractivity contribution in [3.8, 4) is 0 Å². The fourth-order valence-electron chi connectivity index (χ4n) is 1.68. The summed E-state index contributed by atoms with van der Waals surface area (Å²) < 4.78 is 0. The largest absolute Gasteiger partial charge is 0.352 e. The zero-order valence-electron chi connectivity index (χ0n) is 9.42. The molecular formula is C11H22N2O. The second-order valence-electron chi connectivity index (χ2n) is 4.76. The first-order valence-electron chi connectivity index (χ1n) is 5.58. The van der Waals surface area contributed by atoms with Gasteiger partial charge in [-0.3, -0.25) is 4.79 Å². The second-order valence-corrected chi connectivity index (χ2v) is 4.76. The molecule has 3 N–H and O–H groups in total. The number of carbonyl (C=O) groups excluding carboxylic acids is 1. The molecule has 1 rings (SSSR count). The minimum atomic E-state index is -0.363. The first kappa shape index (κ1) is 11.5. The monoisotopic (exact) mass is 198 g/mol. The predicted molar refractivity (Wildman–Crippen MR) is 57.8 cm³/mol. The summed E-state index contributed by atoms with van der Waals surface area (Å²) in [4.78, 5) is 11.6. The van der Waals surface area contributed by atoms with Gasteiger partial charge in [0.15, 0.2) is 0 Å². The lowest BCUT2D eigenvalue weighted by Crippen LogP contribution is -2.49. The SMILES string of the molecule is CC(NC(=O)[C@@H](N)C(C)C)C1CCC1. The van der Waals surface area contributed by atoms with Crippen LogP contribution in [0.4, 0.5) is 0 Å². The third-order valence-corrected chi connectivity index (χ3v) is 3.25. The van der Waals surface area contributed by atoms with Gasteiger partial charge in [-0.25, -0.2) is 0 Å². The Hall–Kier alpha value is -0.570. The smallest absolute Gasteiger partial charge is 0.237 e. The van der Waals surface area contributed by atoms with Gasteiger partial charge in [0.1, 0.15) is 0 Å². The molecule has 0 bridgehead atoms. The number of nitrogens with two attached hydrogens (primary N) is 1. The summed E-state index contributed by atoms with van der Waals surface area (Å²) >= 11 is 0. The number of carbonyl (C=O) groups is 1. The Balaban J connectivity index is 2.31. The third-order valence-electron chi connectivity index (χ3n) is 3.25. The summed E-state index contributed by atoms with van der Waals surface area (Å²) in [5.41, 5.74) is 5.76. The van der Waals surface area contributed by atoms with E-state index in [2.05, 4.69) is 12.2 Å². The van der Waals surface area contributed by atoms with Crippen molar-refractivity contribution >= 4 is 5.91 Å². The van der Waals surface area contributed by atoms with Crippen molar-refractivity contribution in [2.45, 2.75) is 52.1 Å². The Kier molecular flexibility index (Phi) is 3.93. The maximum Gasteiger partial charge on any atom is 0.237 e. The molecule has 0 aromatic heterocycles. The van der Waals surface area contributed by atoms with Gasteiger partial charge < -0.3 is 11.1 Å². The van der Waals surface area contributed by atoms with Gasteiger partial charge >= 0.3 is 0 Å². The lowest BCUT2D eigenvalue weighted by Gasteiger charge is -2.32. The van der Waals surface area contributed by atoms with Crippen LogP contribution >= 0.6 is 0 Å². The van der Waals surface area contributed by atoms with Crippen LogP contribution in [0.5, 0.6) is 0 Å². The van der Waals surface area contributed by atoms with Crippen molar-refractivity contribution in [1.29, 1.82) is 0 Å². The van der Waals surface area contributed by atoms with Crippen molar-refractivity contribution in [2.24, 2.45) is 17.6 Å². The van der Waals surface area contributed by atoms with E-state index in [-0.39, 0.29) is 17.9 Å². The van der Waals surface area contributed by atoms with E-state index in [0.29, 0.717) is 12.0 Å². The van der Waals surface area contributed by atoms with Gasteiger partial charge in [0, 0.05) is 6.04 Å². The lowest BCUT2D eigenvalue weighted by atomic mass is 9.80. The zero-order valence-corrected chi connectivity index (χ0v) is 9.42. The summed E-state index contributed by atoms with van der Waals surface area (Å²) in [5.74, 6) is 0.890. The lowest BCUT2D eigenvalue weighted by molar-refractivity contribution is -0.124. The highest BCUT2D eigenvalue weighted by Gasteiger charge is 2.27. The highest BCUT2D eigenvalue weighted by atomic mass is 16.2. The Morgan fingerprint density at radius 1 is 1.36 bits per heavy atom. The maximum absolute atomic E-state index is 11.6. The van der Waals surface area contributed by atoms with Crippen LogP contribution in [-0.4, -0.2) is 18.0 Å². The van der Waals surface area contributed by atoms with Crippen molar-refractivity contribution in [2.75, 3.05) is 0 Å². The normalized spacial score (nSPS) is 21.5. The average molecular weight is 198 g/mol. The zero-order chi connectivity index (χ0) is 10.7. The number of hydrogen-bond donors (Lipinski definition) is 2. The molecule has 14 heavy (non-hydrogen) atoms. The van der Waals surface area contributed by atoms with Gasteiger partial charge in [-0.1, -0.05) is 20.3 Å². The molecular weight excluding hydrogens is 176 g/mol. The maximum atomic E-state index is 11.6. The first-order chi connectivity index (χ1) is 6.52. The van der Waals surface area contributed by atoms with Crippen LogP contribution in [0.25, 0.3) is 0 Å². The van der Waals surface area contributed by atoms with Gasteiger partial charge in [0.2, 0.25) is 5.91 Å². The molecule has 3 heteroatoms. The second kappa shape index (κ2) is 4.78. The van der Waals surface area contributed by atoms with Crippen LogP contribution in [0.3, 0.4) is 0 Å². The van der Waals surface area contributed by atoms with E-state index in [1.807, 2.05) is 13.8 Å². The molecule has 1 unspecified atom stereocenters. The summed E-state index contributed by atoms with van der Waals surface area (Å²) in [6.07, 6.45) is 3.80. The standard InChI is InChI=1S/C11H22N2O/c1-7(2)10(12)11(14)13-8(3)9-5-4-6-9/h7-10H,4-6,12H2,1-3H3,(H,13,14)/t8?,10-/m0/s1. The molecule has 0 radical (unpaired) electrons. The van der Waals surface area contributed by atoms with Gasteiger partial charge in [0.25, 0.3) is 0 Å². The van der Waals surface area contributed by atoms with Crippen molar-refractivity contribution < 1.29 is 4.79 Å². The topological polar surface area (TPSA) is 55.1 Å². The quantitative estimate of drug-likeness (QED) is 0.715. The van der Waals surface area contributed by atoms with Gasteiger partial charge in [-0.2, -0.15) is 0 Å². The molecule has 0 aromatic rings. The summed E-state index contributed by atoms with van der Waals surface area (Å²) in [6.45, 7) is 6.02. The van der Waals surface area contributed by atoms with E-state index < -0.39 is 0 Å². The third kappa shape index (κ3) is 2.71. The Labute approximate surface area is 86.4 Å². The van der Waals surface area contributed by atoms with Crippen LogP contribution in [-0.2, 0) is 4.79 Å². The van der Waals surface area contributed by atoms with Crippen LogP contribution in [0.15, 0.2) is 0 Å². The highest BCUT2D eigenvalue weighted by molar-refractivity contribution is 5.82. The van der Waals surface area contributed by atoms with Gasteiger partial charge in [-0.15, -0.1) is 0 Å².